The van der Waals surface area contributed by atoms with E-state index in [0.717, 1.165) is 33.5 Å². The van der Waals surface area contributed by atoms with Crippen molar-refractivity contribution in [3.8, 4) is 5.75 Å². The molecule has 6 heteroatoms. The summed E-state index contributed by atoms with van der Waals surface area (Å²) in [6.07, 6.45) is -0.167. The van der Waals surface area contributed by atoms with Crippen molar-refractivity contribution in [1.29, 1.82) is 0 Å². The van der Waals surface area contributed by atoms with E-state index >= 15 is 0 Å². The SMILES string of the molecule is CCn1c(SCc2cccc(Br)c2)nnc1C(C)Oc1ccc(C)c(C)c1. The van der Waals surface area contributed by atoms with Crippen LogP contribution >= 0.6 is 27.7 Å². The summed E-state index contributed by atoms with van der Waals surface area (Å²) in [6, 6.07) is 14.5. The number of hydrogen-bond acceptors (Lipinski definition) is 4. The van der Waals surface area contributed by atoms with Gasteiger partial charge in [0.05, 0.1) is 0 Å². The van der Waals surface area contributed by atoms with Gasteiger partial charge in [-0.1, -0.05) is 45.9 Å². The molecule has 2 aromatic carbocycles. The first-order valence-electron chi connectivity index (χ1n) is 9.02. The van der Waals surface area contributed by atoms with E-state index in [2.05, 4.69) is 81.8 Å². The van der Waals surface area contributed by atoms with Gasteiger partial charge in [0.25, 0.3) is 0 Å². The van der Waals surface area contributed by atoms with Crippen LogP contribution in [0.5, 0.6) is 5.75 Å². The number of aryl methyl sites for hydroxylation is 2. The zero-order valence-electron chi connectivity index (χ0n) is 16.1. The topological polar surface area (TPSA) is 39.9 Å². The Morgan fingerprint density at radius 3 is 2.63 bits per heavy atom. The van der Waals surface area contributed by atoms with Gasteiger partial charge < -0.3 is 9.30 Å². The fourth-order valence-corrected chi connectivity index (χ4v) is 4.22. The van der Waals surface area contributed by atoms with Crippen LogP contribution in [0.4, 0.5) is 0 Å². The first-order valence-corrected chi connectivity index (χ1v) is 10.8. The van der Waals surface area contributed by atoms with Gasteiger partial charge in [0.2, 0.25) is 0 Å². The second kappa shape index (κ2) is 8.93. The summed E-state index contributed by atoms with van der Waals surface area (Å²) in [5, 5.41) is 9.73. The van der Waals surface area contributed by atoms with Crippen LogP contribution in [0, 0.1) is 13.8 Å². The minimum absolute atomic E-state index is 0.167. The lowest BCUT2D eigenvalue weighted by Crippen LogP contribution is -2.12. The Balaban J connectivity index is 1.73. The van der Waals surface area contributed by atoms with Crippen LogP contribution in [-0.2, 0) is 12.3 Å². The average molecular weight is 446 g/mol. The molecule has 0 N–H and O–H groups in total. The van der Waals surface area contributed by atoms with Crippen molar-refractivity contribution in [1.82, 2.24) is 14.8 Å². The van der Waals surface area contributed by atoms with Crippen molar-refractivity contribution in [2.45, 2.75) is 51.3 Å². The molecule has 1 aromatic heterocycles. The summed E-state index contributed by atoms with van der Waals surface area (Å²) in [5.41, 5.74) is 3.74. The van der Waals surface area contributed by atoms with Crippen LogP contribution in [0.2, 0.25) is 0 Å². The van der Waals surface area contributed by atoms with Crippen molar-refractivity contribution < 1.29 is 4.74 Å². The van der Waals surface area contributed by atoms with Gasteiger partial charge >= 0.3 is 0 Å². The Labute approximate surface area is 173 Å². The number of benzene rings is 2. The van der Waals surface area contributed by atoms with Crippen LogP contribution in [0.3, 0.4) is 0 Å². The van der Waals surface area contributed by atoms with E-state index in [-0.39, 0.29) is 6.10 Å². The third-order valence-electron chi connectivity index (χ3n) is 4.47. The van der Waals surface area contributed by atoms with Crippen LogP contribution in [-0.4, -0.2) is 14.8 Å². The minimum Gasteiger partial charge on any atom is -0.483 e. The quantitative estimate of drug-likeness (QED) is 0.411. The van der Waals surface area contributed by atoms with Gasteiger partial charge in [-0.3, -0.25) is 0 Å². The molecule has 0 saturated heterocycles. The van der Waals surface area contributed by atoms with Crippen molar-refractivity contribution >= 4 is 27.7 Å². The lowest BCUT2D eigenvalue weighted by atomic mass is 10.1. The summed E-state index contributed by atoms with van der Waals surface area (Å²) >= 11 is 5.22. The Kier molecular flexibility index (Phi) is 6.60. The van der Waals surface area contributed by atoms with Gasteiger partial charge in [-0.15, -0.1) is 10.2 Å². The first kappa shape index (κ1) is 20.0. The second-order valence-electron chi connectivity index (χ2n) is 6.51. The third-order valence-corrected chi connectivity index (χ3v) is 6.00. The molecule has 1 unspecified atom stereocenters. The molecule has 4 nitrogen and oxygen atoms in total. The maximum absolute atomic E-state index is 6.13. The molecule has 3 aromatic rings. The number of ether oxygens (including phenoxy) is 1. The lowest BCUT2D eigenvalue weighted by molar-refractivity contribution is 0.209. The number of rotatable bonds is 7. The summed E-state index contributed by atoms with van der Waals surface area (Å²) in [7, 11) is 0. The molecule has 0 aliphatic rings. The van der Waals surface area contributed by atoms with E-state index in [1.54, 1.807) is 11.8 Å². The van der Waals surface area contributed by atoms with E-state index in [1.165, 1.54) is 16.7 Å². The molecular weight excluding hydrogens is 422 g/mol. The molecule has 142 valence electrons. The van der Waals surface area contributed by atoms with Crippen molar-refractivity contribution in [3.05, 3.63) is 69.5 Å². The Morgan fingerprint density at radius 1 is 1.11 bits per heavy atom. The average Bonchev–Trinajstić information content (AvgIpc) is 3.06. The lowest BCUT2D eigenvalue weighted by Gasteiger charge is -2.16. The van der Waals surface area contributed by atoms with E-state index < -0.39 is 0 Å². The standard InChI is InChI=1S/C21H24BrN3OS/c1-5-25-20(16(4)26-19-10-9-14(2)15(3)11-19)23-24-21(25)27-13-17-7-6-8-18(22)12-17/h6-12,16H,5,13H2,1-4H3. The van der Waals surface area contributed by atoms with Crippen molar-refractivity contribution in [3.63, 3.8) is 0 Å². The minimum atomic E-state index is -0.167. The van der Waals surface area contributed by atoms with E-state index in [9.17, 15) is 0 Å². The van der Waals surface area contributed by atoms with Crippen LogP contribution in [0.25, 0.3) is 0 Å². The largest absolute Gasteiger partial charge is 0.483 e. The maximum Gasteiger partial charge on any atom is 0.191 e. The van der Waals surface area contributed by atoms with Crippen LogP contribution in [0.1, 0.15) is 42.5 Å². The molecule has 0 aliphatic heterocycles. The highest BCUT2D eigenvalue weighted by molar-refractivity contribution is 9.10. The van der Waals surface area contributed by atoms with E-state index in [4.69, 9.17) is 4.74 Å². The van der Waals surface area contributed by atoms with E-state index in [1.807, 2.05) is 19.1 Å². The molecule has 1 atom stereocenters. The van der Waals surface area contributed by atoms with Gasteiger partial charge in [-0.2, -0.15) is 0 Å². The van der Waals surface area contributed by atoms with Crippen LogP contribution in [0.15, 0.2) is 52.1 Å². The Hall–Kier alpha value is -1.79. The first-order chi connectivity index (χ1) is 13.0. The highest BCUT2D eigenvalue weighted by atomic mass is 79.9. The number of hydrogen-bond donors (Lipinski definition) is 0. The summed E-state index contributed by atoms with van der Waals surface area (Å²) in [6.45, 7) is 9.14. The molecule has 0 spiro atoms. The van der Waals surface area contributed by atoms with Gasteiger partial charge in [-0.05, 0) is 68.7 Å². The molecule has 0 saturated carbocycles. The smallest absolute Gasteiger partial charge is 0.191 e. The summed E-state index contributed by atoms with van der Waals surface area (Å²) < 4.78 is 9.36. The molecule has 0 aliphatic carbocycles. The fourth-order valence-electron chi connectivity index (χ4n) is 2.82. The fraction of sp³-hybridized carbons (Fsp3) is 0.333. The zero-order valence-corrected chi connectivity index (χ0v) is 18.5. The van der Waals surface area contributed by atoms with Crippen LogP contribution < -0.4 is 4.74 Å². The number of nitrogens with zero attached hydrogens (tertiary/aromatic N) is 3. The molecule has 3 rings (SSSR count). The van der Waals surface area contributed by atoms with Gasteiger partial charge in [0, 0.05) is 16.8 Å². The molecule has 0 fully saturated rings. The molecule has 1 heterocycles. The predicted octanol–water partition coefficient (Wildman–Crippen LogP) is 6.11. The second-order valence-corrected chi connectivity index (χ2v) is 8.37. The number of aromatic nitrogens is 3. The normalized spacial score (nSPS) is 12.2. The van der Waals surface area contributed by atoms with Crippen molar-refractivity contribution in [2.75, 3.05) is 0 Å². The van der Waals surface area contributed by atoms with Crippen molar-refractivity contribution in [2.24, 2.45) is 0 Å². The monoisotopic (exact) mass is 445 g/mol. The molecule has 0 amide bonds. The number of thioether (sulfide) groups is 1. The molecule has 27 heavy (non-hydrogen) atoms. The third kappa shape index (κ3) is 4.93. The zero-order chi connectivity index (χ0) is 19.4. The number of halogens is 1. The highest BCUT2D eigenvalue weighted by Gasteiger charge is 2.19. The highest BCUT2D eigenvalue weighted by Crippen LogP contribution is 2.28. The summed E-state index contributed by atoms with van der Waals surface area (Å²) in [5.74, 6) is 2.57. The molecule has 0 bridgehead atoms. The molecule has 0 radical (unpaired) electrons. The maximum atomic E-state index is 6.13. The van der Waals surface area contributed by atoms with Gasteiger partial charge in [0.15, 0.2) is 17.1 Å². The Bertz CT molecular complexity index is 926. The Morgan fingerprint density at radius 2 is 1.93 bits per heavy atom. The summed E-state index contributed by atoms with van der Waals surface area (Å²) in [4.78, 5) is 0. The van der Waals surface area contributed by atoms with E-state index in [0.29, 0.717) is 0 Å². The van der Waals surface area contributed by atoms with Gasteiger partial charge in [-0.25, -0.2) is 0 Å². The molecular formula is C21H24BrN3OS. The van der Waals surface area contributed by atoms with Gasteiger partial charge in [0.1, 0.15) is 5.75 Å². The predicted molar refractivity (Wildman–Crippen MR) is 114 cm³/mol.